The van der Waals surface area contributed by atoms with Crippen LogP contribution in [0.3, 0.4) is 0 Å². The van der Waals surface area contributed by atoms with Gasteiger partial charge in [0.1, 0.15) is 0 Å². The Hall–Kier alpha value is -0.0800. The fourth-order valence-electron chi connectivity index (χ4n) is 3.02. The van der Waals surface area contributed by atoms with Crippen LogP contribution in [0.1, 0.15) is 59.8 Å². The van der Waals surface area contributed by atoms with E-state index >= 15 is 0 Å². The van der Waals surface area contributed by atoms with Crippen LogP contribution in [-0.2, 0) is 0 Å². The zero-order chi connectivity index (χ0) is 12.9. The van der Waals surface area contributed by atoms with Crippen molar-refractivity contribution in [3.8, 4) is 0 Å². The molecule has 1 heterocycles. The summed E-state index contributed by atoms with van der Waals surface area (Å²) in [6, 6.07) is 0.635. The van der Waals surface area contributed by atoms with Crippen molar-refractivity contribution in [2.75, 3.05) is 19.6 Å². The van der Waals surface area contributed by atoms with Crippen molar-refractivity contribution < 1.29 is 0 Å². The number of nitrogens with zero attached hydrogens (tertiary/aromatic N) is 1. The third kappa shape index (κ3) is 4.59. The molecule has 2 nitrogen and oxygen atoms in total. The summed E-state index contributed by atoms with van der Waals surface area (Å²) in [6.45, 7) is 12.8. The zero-order valence-electron chi connectivity index (χ0n) is 12.3. The summed E-state index contributed by atoms with van der Waals surface area (Å²) in [6.07, 6.45) is 6.60. The van der Waals surface area contributed by atoms with Crippen LogP contribution in [0.25, 0.3) is 0 Å². The summed E-state index contributed by atoms with van der Waals surface area (Å²) in [5.41, 5.74) is 6.40. The van der Waals surface area contributed by atoms with E-state index < -0.39 is 0 Å². The summed E-state index contributed by atoms with van der Waals surface area (Å²) >= 11 is 0. The molecule has 0 bridgehead atoms. The van der Waals surface area contributed by atoms with Gasteiger partial charge in [-0.25, -0.2) is 0 Å². The first-order valence-corrected chi connectivity index (χ1v) is 7.43. The second kappa shape index (κ2) is 6.75. The summed E-state index contributed by atoms with van der Waals surface area (Å²) in [7, 11) is 0. The van der Waals surface area contributed by atoms with Crippen molar-refractivity contribution in [2.24, 2.45) is 17.1 Å². The van der Waals surface area contributed by atoms with E-state index in [-0.39, 0.29) is 0 Å². The first kappa shape index (κ1) is 15.0. The quantitative estimate of drug-likeness (QED) is 0.799. The van der Waals surface area contributed by atoms with E-state index in [0.29, 0.717) is 11.5 Å². The minimum absolute atomic E-state index is 0.480. The van der Waals surface area contributed by atoms with Gasteiger partial charge in [-0.05, 0) is 43.7 Å². The first-order chi connectivity index (χ1) is 7.99. The monoisotopic (exact) mass is 240 g/mol. The molecule has 1 atom stereocenters. The van der Waals surface area contributed by atoms with E-state index in [0.717, 1.165) is 12.5 Å². The number of hydrogen-bond acceptors (Lipinski definition) is 2. The Morgan fingerprint density at radius 2 is 1.82 bits per heavy atom. The number of rotatable bonds is 5. The van der Waals surface area contributed by atoms with Gasteiger partial charge in [-0.1, -0.05) is 40.5 Å². The van der Waals surface area contributed by atoms with Crippen LogP contribution in [0, 0.1) is 11.3 Å². The Labute approximate surface area is 108 Å². The van der Waals surface area contributed by atoms with Crippen LogP contribution in [-0.4, -0.2) is 30.6 Å². The molecule has 0 aromatic rings. The smallest absolute Gasteiger partial charge is 0.0218 e. The van der Waals surface area contributed by atoms with Crippen molar-refractivity contribution in [3.05, 3.63) is 0 Å². The Bertz CT molecular complexity index is 199. The lowest BCUT2D eigenvalue weighted by Crippen LogP contribution is -2.46. The molecule has 2 N–H and O–H groups in total. The second-order valence-corrected chi connectivity index (χ2v) is 6.71. The zero-order valence-corrected chi connectivity index (χ0v) is 12.3. The average Bonchev–Trinajstić information content (AvgIpc) is 2.29. The van der Waals surface area contributed by atoms with Crippen molar-refractivity contribution in [1.29, 1.82) is 0 Å². The maximum Gasteiger partial charge on any atom is 0.0218 e. The van der Waals surface area contributed by atoms with Crippen LogP contribution < -0.4 is 5.73 Å². The molecule has 102 valence electrons. The maximum absolute atomic E-state index is 5.92. The third-order valence-corrected chi connectivity index (χ3v) is 4.43. The van der Waals surface area contributed by atoms with Gasteiger partial charge < -0.3 is 5.73 Å². The van der Waals surface area contributed by atoms with Crippen LogP contribution >= 0.6 is 0 Å². The molecule has 1 aliphatic heterocycles. The lowest BCUT2D eigenvalue weighted by Gasteiger charge is -2.41. The second-order valence-electron chi connectivity index (χ2n) is 6.71. The van der Waals surface area contributed by atoms with Crippen LogP contribution in [0.15, 0.2) is 0 Å². The summed E-state index contributed by atoms with van der Waals surface area (Å²) in [5, 5.41) is 0. The van der Waals surface area contributed by atoms with E-state index in [1.54, 1.807) is 0 Å². The Balaban J connectivity index is 2.39. The van der Waals surface area contributed by atoms with Crippen molar-refractivity contribution in [3.63, 3.8) is 0 Å². The first-order valence-electron chi connectivity index (χ1n) is 7.43. The van der Waals surface area contributed by atoms with Crippen molar-refractivity contribution in [2.45, 2.75) is 65.8 Å². The molecule has 0 radical (unpaired) electrons. The third-order valence-electron chi connectivity index (χ3n) is 4.43. The highest BCUT2D eigenvalue weighted by Crippen LogP contribution is 2.34. The van der Waals surface area contributed by atoms with Gasteiger partial charge in [0.25, 0.3) is 0 Å². The highest BCUT2D eigenvalue weighted by Gasteiger charge is 2.30. The Morgan fingerprint density at radius 3 is 2.24 bits per heavy atom. The topological polar surface area (TPSA) is 29.3 Å². The molecule has 17 heavy (non-hydrogen) atoms. The Kier molecular flexibility index (Phi) is 5.94. The van der Waals surface area contributed by atoms with Gasteiger partial charge in [0.05, 0.1) is 0 Å². The van der Waals surface area contributed by atoms with E-state index in [1.165, 1.54) is 45.2 Å². The van der Waals surface area contributed by atoms with Gasteiger partial charge in [0.15, 0.2) is 0 Å². The van der Waals surface area contributed by atoms with Gasteiger partial charge in [0, 0.05) is 12.6 Å². The highest BCUT2D eigenvalue weighted by atomic mass is 15.2. The average molecular weight is 240 g/mol. The van der Waals surface area contributed by atoms with Crippen LogP contribution in [0.5, 0.6) is 0 Å². The van der Waals surface area contributed by atoms with Crippen molar-refractivity contribution >= 4 is 0 Å². The number of hydrogen-bond donors (Lipinski definition) is 1. The minimum Gasteiger partial charge on any atom is -0.329 e. The van der Waals surface area contributed by atoms with E-state index in [2.05, 4.69) is 32.6 Å². The van der Waals surface area contributed by atoms with E-state index in [1.807, 2.05) is 0 Å². The van der Waals surface area contributed by atoms with Gasteiger partial charge in [-0.15, -0.1) is 0 Å². The molecule has 0 amide bonds. The molecule has 0 spiro atoms. The van der Waals surface area contributed by atoms with Gasteiger partial charge >= 0.3 is 0 Å². The van der Waals surface area contributed by atoms with Crippen molar-refractivity contribution in [1.82, 2.24) is 4.90 Å². The molecule has 1 unspecified atom stereocenters. The fourth-order valence-corrected chi connectivity index (χ4v) is 3.02. The molecule has 1 aliphatic rings. The fraction of sp³-hybridized carbons (Fsp3) is 1.00. The largest absolute Gasteiger partial charge is 0.329 e. The van der Waals surface area contributed by atoms with Gasteiger partial charge in [-0.3, -0.25) is 4.90 Å². The normalized spacial score (nSPS) is 21.7. The van der Waals surface area contributed by atoms with E-state index in [9.17, 15) is 0 Å². The summed E-state index contributed by atoms with van der Waals surface area (Å²) in [4.78, 5) is 2.64. The number of nitrogens with two attached hydrogens (primary N) is 1. The molecule has 0 aliphatic carbocycles. The summed E-state index contributed by atoms with van der Waals surface area (Å²) in [5.74, 6) is 0.892. The molecule has 0 saturated carbocycles. The lowest BCUT2D eigenvalue weighted by molar-refractivity contribution is 0.0811. The maximum atomic E-state index is 5.92. The molecule has 0 aromatic heterocycles. The predicted octanol–water partition coefficient (Wildman–Crippen LogP) is 3.26. The number of likely N-dealkylation sites (tertiary alicyclic amines) is 1. The lowest BCUT2D eigenvalue weighted by atomic mass is 9.75. The van der Waals surface area contributed by atoms with Gasteiger partial charge in [-0.2, -0.15) is 0 Å². The molecule has 0 aromatic carbocycles. The Morgan fingerprint density at radius 1 is 1.24 bits per heavy atom. The number of unbranched alkanes of at least 4 members (excludes halogenated alkanes) is 1. The predicted molar refractivity (Wildman–Crippen MR) is 76.1 cm³/mol. The minimum atomic E-state index is 0.480. The van der Waals surface area contributed by atoms with Crippen LogP contribution in [0.2, 0.25) is 0 Å². The van der Waals surface area contributed by atoms with Gasteiger partial charge in [0.2, 0.25) is 0 Å². The molecule has 1 fully saturated rings. The molecular weight excluding hydrogens is 208 g/mol. The SMILES string of the molecule is CCCCC(CN)N1CCC(C(C)(C)C)CC1. The van der Waals surface area contributed by atoms with E-state index in [4.69, 9.17) is 5.73 Å². The standard InChI is InChI=1S/C15H32N2/c1-5-6-7-14(12-16)17-10-8-13(9-11-17)15(2,3)4/h13-14H,5-12,16H2,1-4H3. The molecule has 2 heteroatoms. The molecular formula is C15H32N2. The molecule has 1 saturated heterocycles. The van der Waals surface area contributed by atoms with Crippen LogP contribution in [0.4, 0.5) is 0 Å². The number of piperidine rings is 1. The summed E-state index contributed by atoms with van der Waals surface area (Å²) < 4.78 is 0. The highest BCUT2D eigenvalue weighted by molar-refractivity contribution is 4.84. The molecule has 1 rings (SSSR count).